The van der Waals surface area contributed by atoms with Crippen molar-refractivity contribution in [1.29, 1.82) is 0 Å². The summed E-state index contributed by atoms with van der Waals surface area (Å²) in [6.07, 6.45) is 1.52. The number of nitrogens with zero attached hydrogens (tertiary/aromatic N) is 1. The third-order valence-electron chi connectivity index (χ3n) is 2.33. The number of anilines is 1. The van der Waals surface area contributed by atoms with Gasteiger partial charge in [0.15, 0.2) is 0 Å². The van der Waals surface area contributed by atoms with E-state index in [0.29, 0.717) is 17.7 Å². The van der Waals surface area contributed by atoms with Crippen molar-refractivity contribution in [2.24, 2.45) is 0 Å². The molecule has 4 nitrogen and oxygen atoms in total. The molecule has 0 saturated carbocycles. The van der Waals surface area contributed by atoms with E-state index >= 15 is 0 Å². The first-order valence-electron chi connectivity index (χ1n) is 5.05. The standard InChI is InChI=1S/C12H12N2O2/c1-2-10-11(14-12(13)16-10)9-5-3-4-8(6-9)7-15/h3-7H,2H2,1H3,(H2,13,14). The van der Waals surface area contributed by atoms with Gasteiger partial charge in [-0.15, -0.1) is 0 Å². The second-order valence-electron chi connectivity index (χ2n) is 3.42. The number of rotatable bonds is 3. The molecule has 0 radical (unpaired) electrons. The predicted octanol–water partition coefficient (Wildman–Crippen LogP) is 2.30. The summed E-state index contributed by atoms with van der Waals surface area (Å²) in [6, 6.07) is 7.35. The van der Waals surface area contributed by atoms with Crippen LogP contribution in [0.2, 0.25) is 0 Å². The first kappa shape index (κ1) is 10.4. The Hall–Kier alpha value is -2.10. The van der Waals surface area contributed by atoms with Crippen LogP contribution < -0.4 is 5.73 Å². The highest BCUT2D eigenvalue weighted by molar-refractivity contribution is 5.78. The van der Waals surface area contributed by atoms with Gasteiger partial charge < -0.3 is 10.2 Å². The molecule has 1 aromatic carbocycles. The first-order chi connectivity index (χ1) is 7.74. The average Bonchev–Trinajstić information content (AvgIpc) is 2.70. The summed E-state index contributed by atoms with van der Waals surface area (Å²) in [5, 5.41) is 0. The second kappa shape index (κ2) is 4.18. The fraction of sp³-hybridized carbons (Fsp3) is 0.167. The van der Waals surface area contributed by atoms with Crippen molar-refractivity contribution in [2.75, 3.05) is 5.73 Å². The minimum absolute atomic E-state index is 0.156. The summed E-state index contributed by atoms with van der Waals surface area (Å²) in [5.41, 5.74) is 7.69. The minimum atomic E-state index is 0.156. The quantitative estimate of drug-likeness (QED) is 0.799. The normalized spacial score (nSPS) is 10.3. The van der Waals surface area contributed by atoms with E-state index in [9.17, 15) is 4.79 Å². The van der Waals surface area contributed by atoms with E-state index in [4.69, 9.17) is 10.2 Å². The fourth-order valence-electron chi connectivity index (χ4n) is 1.59. The number of hydrogen-bond acceptors (Lipinski definition) is 4. The largest absolute Gasteiger partial charge is 0.428 e. The Bertz CT molecular complexity index is 517. The van der Waals surface area contributed by atoms with Gasteiger partial charge >= 0.3 is 0 Å². The number of carbonyl (C=O) groups excluding carboxylic acids is 1. The van der Waals surface area contributed by atoms with Crippen LogP contribution >= 0.6 is 0 Å². The Kier molecular flexibility index (Phi) is 2.72. The highest BCUT2D eigenvalue weighted by atomic mass is 16.4. The van der Waals surface area contributed by atoms with E-state index in [2.05, 4.69) is 4.98 Å². The first-order valence-corrected chi connectivity index (χ1v) is 5.05. The second-order valence-corrected chi connectivity index (χ2v) is 3.42. The third-order valence-corrected chi connectivity index (χ3v) is 2.33. The van der Waals surface area contributed by atoms with Crippen LogP contribution in [0.5, 0.6) is 0 Å². The number of benzene rings is 1. The van der Waals surface area contributed by atoms with Crippen LogP contribution in [0.3, 0.4) is 0 Å². The molecular formula is C12H12N2O2. The lowest BCUT2D eigenvalue weighted by molar-refractivity contribution is 0.112. The molecule has 0 atom stereocenters. The molecule has 16 heavy (non-hydrogen) atoms. The van der Waals surface area contributed by atoms with Crippen molar-refractivity contribution < 1.29 is 9.21 Å². The molecule has 0 fully saturated rings. The van der Waals surface area contributed by atoms with E-state index in [1.165, 1.54) is 0 Å². The molecule has 0 bridgehead atoms. The lowest BCUT2D eigenvalue weighted by atomic mass is 10.1. The molecule has 0 aliphatic heterocycles. The Morgan fingerprint density at radius 3 is 3.00 bits per heavy atom. The number of carbonyl (C=O) groups is 1. The molecule has 2 rings (SSSR count). The summed E-state index contributed by atoms with van der Waals surface area (Å²) in [5.74, 6) is 0.737. The third kappa shape index (κ3) is 1.82. The Morgan fingerprint density at radius 2 is 2.31 bits per heavy atom. The van der Waals surface area contributed by atoms with E-state index in [1.807, 2.05) is 19.1 Å². The van der Waals surface area contributed by atoms with Crippen molar-refractivity contribution in [2.45, 2.75) is 13.3 Å². The summed E-state index contributed by atoms with van der Waals surface area (Å²) in [4.78, 5) is 14.8. The Morgan fingerprint density at radius 1 is 1.50 bits per heavy atom. The Balaban J connectivity index is 2.52. The highest BCUT2D eigenvalue weighted by Crippen LogP contribution is 2.25. The number of oxazole rings is 1. The van der Waals surface area contributed by atoms with Crippen LogP contribution in [0.4, 0.5) is 6.01 Å². The van der Waals surface area contributed by atoms with Gasteiger partial charge in [0.2, 0.25) is 0 Å². The monoisotopic (exact) mass is 216 g/mol. The van der Waals surface area contributed by atoms with Gasteiger partial charge in [-0.1, -0.05) is 25.1 Å². The molecule has 2 aromatic rings. The summed E-state index contributed by atoms with van der Waals surface area (Å²) >= 11 is 0. The number of aromatic nitrogens is 1. The molecule has 4 heteroatoms. The molecule has 0 amide bonds. The summed E-state index contributed by atoms with van der Waals surface area (Å²) in [7, 11) is 0. The van der Waals surface area contributed by atoms with Gasteiger partial charge in [0.05, 0.1) is 0 Å². The molecule has 0 spiro atoms. The molecule has 2 N–H and O–H groups in total. The number of hydrogen-bond donors (Lipinski definition) is 1. The van der Waals surface area contributed by atoms with Crippen LogP contribution in [0, 0.1) is 0 Å². The molecular weight excluding hydrogens is 204 g/mol. The zero-order chi connectivity index (χ0) is 11.5. The number of nitrogen functional groups attached to an aromatic ring is 1. The number of nitrogens with two attached hydrogens (primary N) is 1. The zero-order valence-electron chi connectivity index (χ0n) is 8.93. The maximum Gasteiger partial charge on any atom is 0.292 e. The Labute approximate surface area is 93.1 Å². The minimum Gasteiger partial charge on any atom is -0.428 e. The van der Waals surface area contributed by atoms with Crippen LogP contribution in [0.1, 0.15) is 23.0 Å². The lowest BCUT2D eigenvalue weighted by Crippen LogP contribution is -1.87. The van der Waals surface area contributed by atoms with E-state index in [0.717, 1.165) is 17.6 Å². The molecule has 1 heterocycles. The van der Waals surface area contributed by atoms with Gasteiger partial charge in [0.1, 0.15) is 17.7 Å². The molecule has 82 valence electrons. The van der Waals surface area contributed by atoms with Gasteiger partial charge in [-0.25, -0.2) is 0 Å². The average molecular weight is 216 g/mol. The molecule has 0 aliphatic rings. The molecule has 0 aliphatic carbocycles. The summed E-state index contributed by atoms with van der Waals surface area (Å²) in [6.45, 7) is 1.97. The zero-order valence-corrected chi connectivity index (χ0v) is 8.93. The lowest BCUT2D eigenvalue weighted by Gasteiger charge is -1.99. The van der Waals surface area contributed by atoms with Crippen molar-refractivity contribution >= 4 is 12.3 Å². The van der Waals surface area contributed by atoms with E-state index < -0.39 is 0 Å². The van der Waals surface area contributed by atoms with Crippen LogP contribution in [0.15, 0.2) is 28.7 Å². The maximum atomic E-state index is 10.7. The van der Waals surface area contributed by atoms with Crippen LogP contribution in [-0.2, 0) is 6.42 Å². The van der Waals surface area contributed by atoms with Gasteiger partial charge in [0, 0.05) is 17.5 Å². The van der Waals surface area contributed by atoms with Crippen molar-refractivity contribution in [1.82, 2.24) is 4.98 Å². The van der Waals surface area contributed by atoms with Gasteiger partial charge in [-0.05, 0) is 6.07 Å². The SMILES string of the molecule is CCc1oc(N)nc1-c1cccc(C=O)c1. The van der Waals surface area contributed by atoms with Gasteiger partial charge in [-0.3, -0.25) is 4.79 Å². The van der Waals surface area contributed by atoms with Crippen molar-refractivity contribution in [3.8, 4) is 11.3 Å². The van der Waals surface area contributed by atoms with E-state index in [-0.39, 0.29) is 6.01 Å². The maximum absolute atomic E-state index is 10.7. The molecule has 0 saturated heterocycles. The number of aryl methyl sites for hydroxylation is 1. The molecule has 1 aromatic heterocycles. The van der Waals surface area contributed by atoms with Crippen molar-refractivity contribution in [3.05, 3.63) is 35.6 Å². The highest BCUT2D eigenvalue weighted by Gasteiger charge is 2.11. The van der Waals surface area contributed by atoms with E-state index in [1.54, 1.807) is 12.1 Å². The van der Waals surface area contributed by atoms with Gasteiger partial charge in [0.25, 0.3) is 6.01 Å². The van der Waals surface area contributed by atoms with Crippen LogP contribution in [-0.4, -0.2) is 11.3 Å². The summed E-state index contributed by atoms with van der Waals surface area (Å²) < 4.78 is 5.27. The van der Waals surface area contributed by atoms with Crippen LogP contribution in [0.25, 0.3) is 11.3 Å². The van der Waals surface area contributed by atoms with Gasteiger partial charge in [-0.2, -0.15) is 4.98 Å². The predicted molar refractivity (Wildman–Crippen MR) is 61.1 cm³/mol. The molecule has 0 unspecified atom stereocenters. The topological polar surface area (TPSA) is 69.1 Å². The van der Waals surface area contributed by atoms with Crippen molar-refractivity contribution in [3.63, 3.8) is 0 Å². The number of aldehydes is 1. The fourth-order valence-corrected chi connectivity index (χ4v) is 1.59. The smallest absolute Gasteiger partial charge is 0.292 e.